The first-order chi connectivity index (χ1) is 8.36. The van der Waals surface area contributed by atoms with Gasteiger partial charge in [-0.2, -0.15) is 0 Å². The fourth-order valence-corrected chi connectivity index (χ4v) is 3.27. The van der Waals surface area contributed by atoms with E-state index in [2.05, 4.69) is 4.72 Å². The molecule has 3 N–H and O–H groups in total. The van der Waals surface area contributed by atoms with Crippen LogP contribution in [0.5, 0.6) is 0 Å². The van der Waals surface area contributed by atoms with E-state index in [1.807, 2.05) is 6.92 Å². The Kier molecular flexibility index (Phi) is 3.29. The molecule has 2 unspecified atom stereocenters. The second-order valence-corrected chi connectivity index (χ2v) is 6.09. The predicted octanol–water partition coefficient (Wildman–Crippen LogP) is 1.62. The van der Waals surface area contributed by atoms with Crippen LogP contribution in [0.25, 0.3) is 0 Å². The van der Waals surface area contributed by atoms with Crippen molar-refractivity contribution in [2.45, 2.75) is 30.7 Å². The number of sulfonamides is 1. The second-order valence-electron chi connectivity index (χ2n) is 4.40. The van der Waals surface area contributed by atoms with Gasteiger partial charge in [-0.3, -0.25) is 0 Å². The highest BCUT2D eigenvalue weighted by Crippen LogP contribution is 2.35. The highest BCUT2D eigenvalue weighted by molar-refractivity contribution is 7.89. The van der Waals surface area contributed by atoms with E-state index in [1.54, 1.807) is 0 Å². The van der Waals surface area contributed by atoms with Crippen LogP contribution in [0.4, 0.5) is 14.5 Å². The highest BCUT2D eigenvalue weighted by atomic mass is 32.2. The lowest BCUT2D eigenvalue weighted by atomic mass is 10.3. The first-order valence-electron chi connectivity index (χ1n) is 5.62. The van der Waals surface area contributed by atoms with Crippen LogP contribution in [0.2, 0.25) is 0 Å². The predicted molar refractivity (Wildman–Crippen MR) is 63.3 cm³/mol. The number of hydrogen-bond acceptors (Lipinski definition) is 3. The fraction of sp³-hybridized carbons (Fsp3) is 0.455. The summed E-state index contributed by atoms with van der Waals surface area (Å²) in [6.07, 6.45) is 1.61. The van der Waals surface area contributed by atoms with Crippen LogP contribution >= 0.6 is 0 Å². The van der Waals surface area contributed by atoms with Crippen molar-refractivity contribution in [1.82, 2.24) is 4.72 Å². The third kappa shape index (κ3) is 2.32. The van der Waals surface area contributed by atoms with Crippen molar-refractivity contribution >= 4 is 15.7 Å². The molecule has 0 spiro atoms. The first kappa shape index (κ1) is 13.2. The zero-order valence-corrected chi connectivity index (χ0v) is 10.6. The molecular weight excluding hydrogens is 262 g/mol. The lowest BCUT2D eigenvalue weighted by Crippen LogP contribution is -2.28. The quantitative estimate of drug-likeness (QED) is 0.821. The van der Waals surface area contributed by atoms with Crippen molar-refractivity contribution < 1.29 is 17.2 Å². The summed E-state index contributed by atoms with van der Waals surface area (Å²) >= 11 is 0. The number of benzene rings is 1. The summed E-state index contributed by atoms with van der Waals surface area (Å²) in [5.74, 6) is -1.92. The second kappa shape index (κ2) is 4.47. The molecule has 1 aliphatic carbocycles. The smallest absolute Gasteiger partial charge is 0.243 e. The molecule has 4 nitrogen and oxygen atoms in total. The Morgan fingerprint density at radius 1 is 1.44 bits per heavy atom. The molecular formula is C11H14F2N2O2S. The molecule has 0 bridgehead atoms. The Labute approximate surface area is 104 Å². The van der Waals surface area contributed by atoms with E-state index in [4.69, 9.17) is 5.73 Å². The number of hydrogen-bond donors (Lipinski definition) is 2. The summed E-state index contributed by atoms with van der Waals surface area (Å²) in [7, 11) is -3.98. The molecule has 1 aromatic carbocycles. The Morgan fingerprint density at radius 2 is 2.11 bits per heavy atom. The fourth-order valence-electron chi connectivity index (χ4n) is 1.86. The largest absolute Gasteiger partial charge is 0.394 e. The van der Waals surface area contributed by atoms with Gasteiger partial charge < -0.3 is 5.73 Å². The van der Waals surface area contributed by atoms with Crippen LogP contribution in [0.1, 0.15) is 19.8 Å². The van der Waals surface area contributed by atoms with E-state index in [1.165, 1.54) is 0 Å². The van der Waals surface area contributed by atoms with Crippen molar-refractivity contribution in [2.24, 2.45) is 5.92 Å². The molecule has 18 heavy (non-hydrogen) atoms. The molecule has 2 atom stereocenters. The molecule has 0 saturated heterocycles. The molecule has 0 amide bonds. The average molecular weight is 276 g/mol. The average Bonchev–Trinajstić information content (AvgIpc) is 3.03. The Morgan fingerprint density at radius 3 is 2.67 bits per heavy atom. The van der Waals surface area contributed by atoms with E-state index in [9.17, 15) is 17.2 Å². The van der Waals surface area contributed by atoms with E-state index >= 15 is 0 Å². The lowest BCUT2D eigenvalue weighted by molar-refractivity contribution is 0.545. The van der Waals surface area contributed by atoms with Crippen molar-refractivity contribution in [3.63, 3.8) is 0 Å². The van der Waals surface area contributed by atoms with Gasteiger partial charge in [-0.1, -0.05) is 13.3 Å². The molecule has 1 aliphatic rings. The summed E-state index contributed by atoms with van der Waals surface area (Å²) in [5.41, 5.74) is 4.36. The Balaban J connectivity index is 2.28. The molecule has 0 radical (unpaired) electrons. The Hall–Kier alpha value is -1.21. The third-order valence-electron chi connectivity index (χ3n) is 3.13. The number of halogens is 2. The van der Waals surface area contributed by atoms with Crippen molar-refractivity contribution in [2.75, 3.05) is 5.73 Å². The minimum absolute atomic E-state index is 0.161. The highest BCUT2D eigenvalue weighted by Gasteiger charge is 2.39. The zero-order valence-electron chi connectivity index (χ0n) is 9.78. The summed E-state index contributed by atoms with van der Waals surface area (Å²) in [6, 6.07) is 1.56. The standard InChI is InChI=1S/C11H14F2N2O2S/c1-2-6-5-8(6)15-18(16,17)9-4-3-7(12)11(14)10(9)13/h3-4,6,8,15H,2,5,14H2,1H3. The van der Waals surface area contributed by atoms with E-state index in [0.717, 1.165) is 25.0 Å². The van der Waals surface area contributed by atoms with E-state index in [-0.39, 0.29) is 6.04 Å². The van der Waals surface area contributed by atoms with Crippen molar-refractivity contribution in [3.8, 4) is 0 Å². The SMILES string of the molecule is CCC1CC1NS(=O)(=O)c1ccc(F)c(N)c1F. The summed E-state index contributed by atoms with van der Waals surface area (Å²) in [5, 5.41) is 0. The maximum absolute atomic E-state index is 13.6. The molecule has 0 heterocycles. The van der Waals surface area contributed by atoms with Crippen molar-refractivity contribution in [1.29, 1.82) is 0 Å². The van der Waals surface area contributed by atoms with Gasteiger partial charge in [0, 0.05) is 6.04 Å². The van der Waals surface area contributed by atoms with Gasteiger partial charge in [0.05, 0.1) is 0 Å². The van der Waals surface area contributed by atoms with Crippen LogP contribution < -0.4 is 10.5 Å². The normalized spacial score (nSPS) is 23.1. The molecule has 0 aliphatic heterocycles. The molecule has 1 fully saturated rings. The van der Waals surface area contributed by atoms with Gasteiger partial charge in [0.25, 0.3) is 0 Å². The van der Waals surface area contributed by atoms with Gasteiger partial charge >= 0.3 is 0 Å². The maximum atomic E-state index is 13.6. The van der Waals surface area contributed by atoms with E-state index < -0.39 is 32.2 Å². The van der Waals surface area contributed by atoms with Gasteiger partial charge in [-0.15, -0.1) is 0 Å². The van der Waals surface area contributed by atoms with Gasteiger partial charge in [0.15, 0.2) is 5.82 Å². The molecule has 7 heteroatoms. The first-order valence-corrected chi connectivity index (χ1v) is 7.11. The zero-order chi connectivity index (χ0) is 13.5. The summed E-state index contributed by atoms with van der Waals surface area (Å²) < 4.78 is 52.8. The summed E-state index contributed by atoms with van der Waals surface area (Å²) in [4.78, 5) is -0.608. The number of nitrogens with one attached hydrogen (secondary N) is 1. The minimum atomic E-state index is -3.98. The number of nitrogens with two attached hydrogens (primary N) is 1. The van der Waals surface area contributed by atoms with Crippen LogP contribution in [0, 0.1) is 17.6 Å². The molecule has 100 valence electrons. The number of rotatable bonds is 4. The van der Waals surface area contributed by atoms with Crippen LogP contribution in [0.15, 0.2) is 17.0 Å². The van der Waals surface area contributed by atoms with Crippen molar-refractivity contribution in [3.05, 3.63) is 23.8 Å². The van der Waals surface area contributed by atoms with Crippen LogP contribution in [-0.2, 0) is 10.0 Å². The van der Waals surface area contributed by atoms with Gasteiger partial charge in [-0.05, 0) is 24.5 Å². The minimum Gasteiger partial charge on any atom is -0.394 e. The Bertz CT molecular complexity index is 575. The molecule has 0 aromatic heterocycles. The van der Waals surface area contributed by atoms with Gasteiger partial charge in [-0.25, -0.2) is 21.9 Å². The van der Waals surface area contributed by atoms with Crippen LogP contribution in [-0.4, -0.2) is 14.5 Å². The third-order valence-corrected chi connectivity index (χ3v) is 4.64. The monoisotopic (exact) mass is 276 g/mol. The summed E-state index contributed by atoms with van der Waals surface area (Å²) in [6.45, 7) is 1.95. The van der Waals surface area contributed by atoms with Gasteiger partial charge in [0.2, 0.25) is 10.0 Å². The van der Waals surface area contributed by atoms with Gasteiger partial charge in [0.1, 0.15) is 16.4 Å². The van der Waals surface area contributed by atoms with E-state index in [0.29, 0.717) is 5.92 Å². The maximum Gasteiger partial charge on any atom is 0.243 e. The molecule has 1 saturated carbocycles. The number of anilines is 1. The molecule has 1 aromatic rings. The molecule has 2 rings (SSSR count). The van der Waals surface area contributed by atoms with Crippen LogP contribution in [0.3, 0.4) is 0 Å². The lowest BCUT2D eigenvalue weighted by Gasteiger charge is -2.09. The number of nitrogen functional groups attached to an aromatic ring is 1. The topological polar surface area (TPSA) is 72.2 Å².